The van der Waals surface area contributed by atoms with Crippen molar-refractivity contribution in [2.45, 2.75) is 44.2 Å². The Bertz CT molecular complexity index is 1090. The van der Waals surface area contributed by atoms with Crippen LogP contribution in [0, 0.1) is 5.92 Å². The van der Waals surface area contributed by atoms with Crippen LogP contribution in [-0.2, 0) is 10.3 Å². The zero-order valence-corrected chi connectivity index (χ0v) is 16.6. The minimum absolute atomic E-state index is 0.0348. The summed E-state index contributed by atoms with van der Waals surface area (Å²) in [7, 11) is 3.88. The summed E-state index contributed by atoms with van der Waals surface area (Å²) in [5.41, 5.74) is 0.536. The molecule has 0 aromatic carbocycles. The summed E-state index contributed by atoms with van der Waals surface area (Å²) in [6.07, 6.45) is 7.66. The van der Waals surface area contributed by atoms with Gasteiger partial charge in [-0.3, -0.25) is 9.36 Å². The number of aromatic nitrogens is 4. The number of anilines is 1. The molecule has 27 heavy (non-hydrogen) atoms. The molecule has 5 rings (SSSR count). The minimum Gasteiger partial charge on any atom is -0.378 e. The fourth-order valence-electron chi connectivity index (χ4n) is 4.76. The number of nitrogens with zero attached hydrogens (tertiary/aromatic N) is 5. The van der Waals surface area contributed by atoms with Gasteiger partial charge in [0.1, 0.15) is 27.2 Å². The van der Waals surface area contributed by atoms with Gasteiger partial charge >= 0.3 is 0 Å². The maximum atomic E-state index is 13.4. The zero-order valence-electron chi connectivity index (χ0n) is 15.8. The van der Waals surface area contributed by atoms with Gasteiger partial charge in [0.05, 0.1) is 17.8 Å². The largest absolute Gasteiger partial charge is 0.378 e. The van der Waals surface area contributed by atoms with Gasteiger partial charge in [-0.1, -0.05) is 0 Å². The van der Waals surface area contributed by atoms with Crippen molar-refractivity contribution in [3.63, 3.8) is 0 Å². The number of ether oxygens (including phenoxy) is 1. The van der Waals surface area contributed by atoms with E-state index >= 15 is 0 Å². The van der Waals surface area contributed by atoms with E-state index in [0.717, 1.165) is 48.3 Å². The molecule has 2 fully saturated rings. The van der Waals surface area contributed by atoms with Crippen molar-refractivity contribution in [2.75, 3.05) is 25.6 Å². The van der Waals surface area contributed by atoms with Gasteiger partial charge in [-0.25, -0.2) is 15.0 Å². The molecule has 2 unspecified atom stereocenters. The Labute approximate surface area is 161 Å². The number of thiophene rings is 1. The molecule has 1 saturated carbocycles. The Balaban J connectivity index is 1.67. The molecule has 0 spiro atoms. The molecular weight excluding hydrogens is 362 g/mol. The summed E-state index contributed by atoms with van der Waals surface area (Å²) in [4.78, 5) is 29.6. The van der Waals surface area contributed by atoms with Crippen LogP contribution in [0.15, 0.2) is 17.4 Å². The summed E-state index contributed by atoms with van der Waals surface area (Å²) in [6, 6.07) is 0. The summed E-state index contributed by atoms with van der Waals surface area (Å²) in [6.45, 7) is 3.04. The van der Waals surface area contributed by atoms with Crippen LogP contribution in [-0.4, -0.2) is 46.3 Å². The molecule has 0 bridgehead atoms. The van der Waals surface area contributed by atoms with E-state index in [1.54, 1.807) is 12.7 Å². The van der Waals surface area contributed by atoms with Gasteiger partial charge in [0.2, 0.25) is 0 Å². The minimum atomic E-state index is -0.209. The maximum Gasteiger partial charge on any atom is 0.271 e. The van der Waals surface area contributed by atoms with Gasteiger partial charge < -0.3 is 9.64 Å². The zero-order chi connectivity index (χ0) is 18.8. The number of rotatable bonds is 2. The van der Waals surface area contributed by atoms with Gasteiger partial charge in [0, 0.05) is 26.2 Å². The molecule has 8 heteroatoms. The van der Waals surface area contributed by atoms with E-state index in [9.17, 15) is 4.79 Å². The highest BCUT2D eigenvalue weighted by atomic mass is 32.1. The van der Waals surface area contributed by atoms with Crippen LogP contribution in [0.2, 0.25) is 0 Å². The quantitative estimate of drug-likeness (QED) is 0.675. The SMILES string of the molecule is CN(C)c1ncnc2sc3c(=O)n([C@@]4(C)CCC5OCCC5C4)cnc3c12. The first-order chi connectivity index (χ1) is 13.0. The number of hydrogen-bond donors (Lipinski definition) is 0. The van der Waals surface area contributed by atoms with Gasteiger partial charge in [-0.2, -0.15) is 0 Å². The fraction of sp³-hybridized carbons (Fsp3) is 0.579. The molecule has 2 aliphatic rings. The second-order valence-electron chi connectivity index (χ2n) is 8.17. The Hall–Kier alpha value is -2.06. The van der Waals surface area contributed by atoms with Crippen molar-refractivity contribution in [1.29, 1.82) is 0 Å². The van der Waals surface area contributed by atoms with Crippen molar-refractivity contribution in [1.82, 2.24) is 19.5 Å². The predicted octanol–water partition coefficient (Wildman–Crippen LogP) is 2.77. The van der Waals surface area contributed by atoms with Crippen LogP contribution in [0.3, 0.4) is 0 Å². The Kier molecular flexibility index (Phi) is 3.77. The van der Waals surface area contributed by atoms with Crippen molar-refractivity contribution >= 4 is 37.6 Å². The van der Waals surface area contributed by atoms with Crippen molar-refractivity contribution in [2.24, 2.45) is 5.92 Å². The van der Waals surface area contributed by atoms with Crippen molar-refractivity contribution in [3.05, 3.63) is 23.0 Å². The normalized spacial score (nSPS) is 28.0. The molecule has 3 aromatic rings. The Morgan fingerprint density at radius 3 is 2.96 bits per heavy atom. The van der Waals surface area contributed by atoms with Gasteiger partial charge in [-0.15, -0.1) is 11.3 Å². The van der Waals surface area contributed by atoms with E-state index < -0.39 is 0 Å². The third-order valence-electron chi connectivity index (χ3n) is 6.18. The fourth-order valence-corrected chi connectivity index (χ4v) is 5.78. The highest BCUT2D eigenvalue weighted by Gasteiger charge is 2.42. The Morgan fingerprint density at radius 1 is 1.30 bits per heavy atom. The first kappa shape index (κ1) is 17.1. The third kappa shape index (κ3) is 2.50. The summed E-state index contributed by atoms with van der Waals surface area (Å²) in [5.74, 6) is 1.34. The monoisotopic (exact) mass is 385 g/mol. The standard InChI is InChI=1S/C19H23N5O2S/c1-19(6-4-12-11(8-19)5-7-26-12)24-10-22-14-13-16(23(2)3)20-9-21-17(13)27-15(14)18(24)25/h9-12H,4-8H2,1-3H3/t11?,12?,19-/m0/s1. The van der Waals surface area contributed by atoms with E-state index in [-0.39, 0.29) is 11.1 Å². The van der Waals surface area contributed by atoms with Gasteiger partial charge in [0.25, 0.3) is 5.56 Å². The smallest absolute Gasteiger partial charge is 0.271 e. The highest BCUT2D eigenvalue weighted by molar-refractivity contribution is 7.25. The van der Waals surface area contributed by atoms with Crippen LogP contribution < -0.4 is 10.5 Å². The molecule has 1 saturated heterocycles. The molecule has 0 radical (unpaired) electrons. The molecular formula is C19H23N5O2S. The third-order valence-corrected chi connectivity index (χ3v) is 7.25. The lowest BCUT2D eigenvalue weighted by Crippen LogP contribution is -2.45. The van der Waals surface area contributed by atoms with Crippen molar-refractivity contribution in [3.8, 4) is 0 Å². The first-order valence-corrected chi connectivity index (χ1v) is 10.2. The van der Waals surface area contributed by atoms with Crippen LogP contribution >= 0.6 is 11.3 Å². The topological polar surface area (TPSA) is 73.1 Å². The van der Waals surface area contributed by atoms with Gasteiger partial charge in [0.15, 0.2) is 0 Å². The lowest BCUT2D eigenvalue weighted by molar-refractivity contribution is 0.0283. The van der Waals surface area contributed by atoms with E-state index in [2.05, 4.69) is 16.9 Å². The molecule has 3 atom stereocenters. The summed E-state index contributed by atoms with van der Waals surface area (Å²) >= 11 is 1.42. The molecule has 3 aromatic heterocycles. The van der Waals surface area contributed by atoms with Crippen LogP contribution in [0.25, 0.3) is 20.4 Å². The van der Waals surface area contributed by atoms with E-state index in [1.807, 2.05) is 23.6 Å². The average molecular weight is 385 g/mol. The second-order valence-corrected chi connectivity index (χ2v) is 9.17. The number of fused-ring (bicyclic) bond motifs is 4. The summed E-state index contributed by atoms with van der Waals surface area (Å²) < 4.78 is 8.37. The molecule has 0 N–H and O–H groups in total. The van der Waals surface area contributed by atoms with Crippen molar-refractivity contribution < 1.29 is 4.74 Å². The second kappa shape index (κ2) is 5.97. The molecule has 1 aliphatic carbocycles. The molecule has 0 amide bonds. The predicted molar refractivity (Wildman–Crippen MR) is 107 cm³/mol. The lowest BCUT2D eigenvalue weighted by atomic mass is 9.75. The Morgan fingerprint density at radius 2 is 2.15 bits per heavy atom. The molecule has 142 valence electrons. The highest BCUT2D eigenvalue weighted by Crippen LogP contribution is 2.43. The maximum absolute atomic E-state index is 13.4. The molecule has 1 aliphatic heterocycles. The number of hydrogen-bond acceptors (Lipinski definition) is 7. The lowest BCUT2D eigenvalue weighted by Gasteiger charge is -2.40. The van der Waals surface area contributed by atoms with E-state index in [0.29, 0.717) is 22.2 Å². The summed E-state index contributed by atoms with van der Waals surface area (Å²) in [5, 5.41) is 0.866. The molecule has 7 nitrogen and oxygen atoms in total. The van der Waals surface area contributed by atoms with Crippen LogP contribution in [0.5, 0.6) is 0 Å². The van der Waals surface area contributed by atoms with Crippen LogP contribution in [0.4, 0.5) is 5.82 Å². The van der Waals surface area contributed by atoms with E-state index in [4.69, 9.17) is 9.72 Å². The average Bonchev–Trinajstić information content (AvgIpc) is 3.25. The van der Waals surface area contributed by atoms with Crippen LogP contribution in [0.1, 0.15) is 32.6 Å². The first-order valence-electron chi connectivity index (χ1n) is 9.42. The van der Waals surface area contributed by atoms with Gasteiger partial charge in [-0.05, 0) is 38.5 Å². The van der Waals surface area contributed by atoms with E-state index in [1.165, 1.54) is 11.3 Å². The molecule has 4 heterocycles.